The zero-order valence-corrected chi connectivity index (χ0v) is 17.5. The van der Waals surface area contributed by atoms with Gasteiger partial charge in [-0.3, -0.25) is 19.4 Å². The van der Waals surface area contributed by atoms with Crippen LogP contribution in [0.25, 0.3) is 11.4 Å². The fourth-order valence-corrected chi connectivity index (χ4v) is 3.84. The summed E-state index contributed by atoms with van der Waals surface area (Å²) in [5, 5.41) is 7.75. The zero-order valence-electron chi connectivity index (χ0n) is 15.9. The molecule has 2 aromatic carbocycles. The van der Waals surface area contributed by atoms with Crippen molar-refractivity contribution >= 4 is 29.7 Å². The normalized spacial score (nSPS) is 14.9. The van der Waals surface area contributed by atoms with E-state index in [2.05, 4.69) is 39.4 Å². The number of H-pyrrole nitrogens is 1. The largest absolute Gasteiger partial charge is 0.339 e. The number of rotatable bonds is 5. The van der Waals surface area contributed by atoms with E-state index < -0.39 is 0 Å². The Balaban J connectivity index is 1.39. The van der Waals surface area contributed by atoms with E-state index >= 15 is 0 Å². The van der Waals surface area contributed by atoms with Crippen LogP contribution in [0.4, 0.5) is 0 Å². The number of aromatic nitrogens is 3. The number of nitrogens with one attached hydrogen (secondary N) is 1. The smallest absolute Gasteiger partial charge is 0.242 e. The Bertz CT molecular complexity index is 1020. The van der Waals surface area contributed by atoms with Gasteiger partial charge in [0.25, 0.3) is 0 Å². The maximum atomic E-state index is 12.9. The van der Waals surface area contributed by atoms with E-state index in [1.807, 2.05) is 23.1 Å². The van der Waals surface area contributed by atoms with E-state index in [4.69, 9.17) is 23.8 Å². The van der Waals surface area contributed by atoms with Gasteiger partial charge in [0.05, 0.1) is 0 Å². The first kappa shape index (κ1) is 19.8. The first-order valence-electron chi connectivity index (χ1n) is 9.55. The second-order valence-electron chi connectivity index (χ2n) is 7.09. The van der Waals surface area contributed by atoms with Crippen LogP contribution in [0.15, 0.2) is 54.6 Å². The highest BCUT2D eigenvalue weighted by atomic mass is 35.5. The molecule has 1 saturated heterocycles. The molecule has 1 N–H and O–H groups in total. The van der Waals surface area contributed by atoms with Crippen LogP contribution in [0.1, 0.15) is 5.56 Å². The van der Waals surface area contributed by atoms with Crippen molar-refractivity contribution in [3.05, 3.63) is 70.0 Å². The Morgan fingerprint density at radius 2 is 1.72 bits per heavy atom. The van der Waals surface area contributed by atoms with Crippen molar-refractivity contribution in [1.82, 2.24) is 24.6 Å². The van der Waals surface area contributed by atoms with Gasteiger partial charge in [-0.1, -0.05) is 41.9 Å². The summed E-state index contributed by atoms with van der Waals surface area (Å²) in [7, 11) is 0. The van der Waals surface area contributed by atoms with E-state index in [1.54, 1.807) is 16.7 Å². The highest BCUT2D eigenvalue weighted by Gasteiger charge is 2.22. The molecule has 1 aliphatic rings. The van der Waals surface area contributed by atoms with Crippen LogP contribution >= 0.6 is 23.8 Å². The summed E-state index contributed by atoms with van der Waals surface area (Å²) in [5.41, 5.74) is 2.16. The molecule has 150 valence electrons. The van der Waals surface area contributed by atoms with E-state index in [1.165, 1.54) is 5.56 Å². The second-order valence-corrected chi connectivity index (χ2v) is 7.91. The number of amides is 1. The van der Waals surface area contributed by atoms with Crippen molar-refractivity contribution in [2.45, 2.75) is 13.1 Å². The Morgan fingerprint density at radius 1 is 1.03 bits per heavy atom. The number of benzene rings is 2. The van der Waals surface area contributed by atoms with Crippen molar-refractivity contribution in [2.24, 2.45) is 0 Å². The lowest BCUT2D eigenvalue weighted by molar-refractivity contribution is -0.133. The lowest BCUT2D eigenvalue weighted by Crippen LogP contribution is -2.49. The number of hydrogen-bond donors (Lipinski definition) is 1. The number of carbonyl (C=O) groups excluding carboxylic acids is 1. The second kappa shape index (κ2) is 8.90. The van der Waals surface area contributed by atoms with Crippen LogP contribution in [0.2, 0.25) is 5.02 Å². The molecule has 0 bridgehead atoms. The highest BCUT2D eigenvalue weighted by molar-refractivity contribution is 7.71. The van der Waals surface area contributed by atoms with E-state index in [0.717, 1.165) is 25.2 Å². The fraction of sp³-hybridized carbons (Fsp3) is 0.286. The first-order valence-corrected chi connectivity index (χ1v) is 10.3. The van der Waals surface area contributed by atoms with E-state index in [0.29, 0.717) is 28.7 Å². The highest BCUT2D eigenvalue weighted by Crippen LogP contribution is 2.20. The molecule has 4 rings (SSSR count). The first-order chi connectivity index (χ1) is 14.1. The summed E-state index contributed by atoms with van der Waals surface area (Å²) in [6.45, 7) is 4.24. The van der Waals surface area contributed by atoms with E-state index in [-0.39, 0.29) is 12.5 Å². The molecule has 1 amide bonds. The predicted molar refractivity (Wildman–Crippen MR) is 116 cm³/mol. The third-order valence-corrected chi connectivity index (χ3v) is 5.69. The number of nitrogens with zero attached hydrogens (tertiary/aromatic N) is 4. The summed E-state index contributed by atoms with van der Waals surface area (Å²) in [6, 6.07) is 17.8. The third-order valence-electron chi connectivity index (χ3n) is 5.13. The van der Waals surface area contributed by atoms with Crippen LogP contribution in [0, 0.1) is 4.77 Å². The monoisotopic (exact) mass is 427 g/mol. The van der Waals surface area contributed by atoms with Gasteiger partial charge in [0.1, 0.15) is 6.54 Å². The maximum Gasteiger partial charge on any atom is 0.242 e. The molecule has 8 heteroatoms. The summed E-state index contributed by atoms with van der Waals surface area (Å²) < 4.78 is 2.18. The molecule has 0 aliphatic carbocycles. The van der Waals surface area contributed by atoms with E-state index in [9.17, 15) is 4.79 Å². The summed E-state index contributed by atoms with van der Waals surface area (Å²) in [5.74, 6) is 0.694. The number of aromatic amines is 1. The van der Waals surface area contributed by atoms with Gasteiger partial charge in [-0.2, -0.15) is 5.10 Å². The SMILES string of the molecule is O=C(Cn1c(-c2ccc(Cl)cc2)n[nH]c1=S)N1CCN(Cc2ccccc2)CC1. The topological polar surface area (TPSA) is 57.2 Å². The standard InChI is InChI=1S/C21H22ClN5OS/c22-18-8-6-17(7-9-18)20-23-24-21(29)27(20)15-19(28)26-12-10-25(11-13-26)14-16-4-2-1-3-5-16/h1-9H,10-15H2,(H,24,29). The molecule has 1 fully saturated rings. The molecule has 1 aromatic heterocycles. The number of halogens is 1. The summed E-state index contributed by atoms with van der Waals surface area (Å²) >= 11 is 11.3. The molecule has 6 nitrogen and oxygen atoms in total. The molecular formula is C21H22ClN5OS. The predicted octanol–water partition coefficient (Wildman–Crippen LogP) is 3.61. The molecule has 3 aromatic rings. The van der Waals surface area contributed by atoms with Gasteiger partial charge in [-0.15, -0.1) is 0 Å². The van der Waals surface area contributed by atoms with Gasteiger partial charge >= 0.3 is 0 Å². The summed E-state index contributed by atoms with van der Waals surface area (Å²) in [6.07, 6.45) is 0. The van der Waals surface area contributed by atoms with Crippen molar-refractivity contribution in [3.63, 3.8) is 0 Å². The van der Waals surface area contributed by atoms with Gasteiger partial charge in [0, 0.05) is 43.3 Å². The minimum Gasteiger partial charge on any atom is -0.339 e. The van der Waals surface area contributed by atoms with Crippen LogP contribution < -0.4 is 0 Å². The Labute approximate surface area is 179 Å². The average Bonchev–Trinajstić information content (AvgIpc) is 3.10. The minimum absolute atomic E-state index is 0.0528. The molecule has 2 heterocycles. The Morgan fingerprint density at radius 3 is 2.41 bits per heavy atom. The van der Waals surface area contributed by atoms with Crippen molar-refractivity contribution in [1.29, 1.82) is 0 Å². The quantitative estimate of drug-likeness (QED) is 0.632. The minimum atomic E-state index is 0.0528. The van der Waals surface area contributed by atoms with Crippen LogP contribution in [0.3, 0.4) is 0 Å². The fourth-order valence-electron chi connectivity index (χ4n) is 3.52. The lowest BCUT2D eigenvalue weighted by Gasteiger charge is -2.34. The van der Waals surface area contributed by atoms with Crippen molar-refractivity contribution in [3.8, 4) is 11.4 Å². The molecular weight excluding hydrogens is 406 g/mol. The van der Waals surface area contributed by atoms with Gasteiger partial charge in [0.15, 0.2) is 10.6 Å². The summed E-state index contributed by atoms with van der Waals surface area (Å²) in [4.78, 5) is 17.2. The molecule has 1 aliphatic heterocycles. The molecule has 0 saturated carbocycles. The molecule has 0 atom stereocenters. The number of piperazine rings is 1. The van der Waals surface area contributed by atoms with Gasteiger partial charge < -0.3 is 4.90 Å². The molecule has 0 unspecified atom stereocenters. The van der Waals surface area contributed by atoms with Crippen molar-refractivity contribution in [2.75, 3.05) is 26.2 Å². The van der Waals surface area contributed by atoms with Crippen LogP contribution in [-0.4, -0.2) is 56.7 Å². The Hall–Kier alpha value is -2.48. The average molecular weight is 428 g/mol. The molecule has 29 heavy (non-hydrogen) atoms. The third kappa shape index (κ3) is 4.75. The maximum absolute atomic E-state index is 12.9. The Kier molecular flexibility index (Phi) is 6.08. The molecule has 0 spiro atoms. The van der Waals surface area contributed by atoms with Gasteiger partial charge in [0.2, 0.25) is 5.91 Å². The van der Waals surface area contributed by atoms with Crippen LogP contribution in [0.5, 0.6) is 0 Å². The van der Waals surface area contributed by atoms with Crippen LogP contribution in [-0.2, 0) is 17.9 Å². The number of carbonyl (C=O) groups is 1. The van der Waals surface area contributed by atoms with Gasteiger partial charge in [-0.05, 0) is 42.0 Å². The van der Waals surface area contributed by atoms with Crippen molar-refractivity contribution < 1.29 is 4.79 Å². The lowest BCUT2D eigenvalue weighted by atomic mass is 10.2. The number of hydrogen-bond acceptors (Lipinski definition) is 4. The zero-order chi connectivity index (χ0) is 20.2. The molecule has 0 radical (unpaired) electrons. The van der Waals surface area contributed by atoms with Gasteiger partial charge in [-0.25, -0.2) is 0 Å².